The zero-order valence-corrected chi connectivity index (χ0v) is 21.7. The molecule has 2 heterocycles. The minimum absolute atomic E-state index is 0.315. The molecule has 0 saturated carbocycles. The molecule has 1 N–H and O–H groups in total. The third-order valence-corrected chi connectivity index (χ3v) is 7.22. The quantitative estimate of drug-likeness (QED) is 0.448. The molecule has 0 atom stereocenters. The molecule has 6 nitrogen and oxygen atoms in total. The molecule has 2 aromatic carbocycles. The smallest absolute Gasteiger partial charge is 0.294 e. The lowest BCUT2D eigenvalue weighted by Gasteiger charge is -2.13. The van der Waals surface area contributed by atoms with Crippen molar-refractivity contribution in [3.63, 3.8) is 0 Å². The highest BCUT2D eigenvalue weighted by Crippen LogP contribution is 2.34. The number of carbonyl (C=O) groups excluding carboxylic acids is 3. The van der Waals surface area contributed by atoms with Crippen molar-refractivity contribution >= 4 is 40.6 Å². The fraction of sp³-hybridized carbons (Fsp3) is 0.250. The van der Waals surface area contributed by atoms with Gasteiger partial charge < -0.3 is 9.88 Å². The van der Waals surface area contributed by atoms with Crippen LogP contribution < -0.4 is 5.32 Å². The zero-order valence-electron chi connectivity index (χ0n) is 20.9. The van der Waals surface area contributed by atoms with Gasteiger partial charge in [0.05, 0.1) is 4.91 Å². The lowest BCUT2D eigenvalue weighted by atomic mass is 10.1. The summed E-state index contributed by atoms with van der Waals surface area (Å²) in [6.07, 6.45) is 1.74. The Kier molecular flexibility index (Phi) is 6.72. The highest BCUT2D eigenvalue weighted by atomic mass is 32.2. The van der Waals surface area contributed by atoms with Gasteiger partial charge in [0, 0.05) is 22.8 Å². The number of aryl methyl sites for hydroxylation is 5. The monoisotopic (exact) mass is 487 g/mol. The lowest BCUT2D eigenvalue weighted by Crippen LogP contribution is -2.36. The van der Waals surface area contributed by atoms with Gasteiger partial charge in [-0.15, -0.1) is 0 Å². The number of imide groups is 1. The van der Waals surface area contributed by atoms with Crippen LogP contribution >= 0.6 is 11.8 Å². The van der Waals surface area contributed by atoms with Crippen molar-refractivity contribution in [2.24, 2.45) is 0 Å². The predicted molar refractivity (Wildman–Crippen MR) is 142 cm³/mol. The Bertz CT molecular complexity index is 1400. The van der Waals surface area contributed by atoms with Gasteiger partial charge in [-0.3, -0.25) is 19.3 Å². The topological polar surface area (TPSA) is 71.4 Å². The van der Waals surface area contributed by atoms with Gasteiger partial charge in [0.1, 0.15) is 6.54 Å². The number of nitrogens with one attached hydrogen (secondary N) is 1. The Morgan fingerprint density at radius 1 is 0.914 bits per heavy atom. The summed E-state index contributed by atoms with van der Waals surface area (Å²) in [5.74, 6) is -0.864. The molecule has 0 spiro atoms. The lowest BCUT2D eigenvalue weighted by molar-refractivity contribution is -0.127. The number of hydrogen-bond donors (Lipinski definition) is 1. The fourth-order valence-corrected chi connectivity index (χ4v) is 5.13. The minimum Gasteiger partial charge on any atom is -0.325 e. The predicted octanol–water partition coefficient (Wildman–Crippen LogP) is 6.00. The van der Waals surface area contributed by atoms with E-state index in [0.717, 1.165) is 56.0 Å². The summed E-state index contributed by atoms with van der Waals surface area (Å²) < 4.78 is 2.15. The van der Waals surface area contributed by atoms with Gasteiger partial charge in [-0.25, -0.2) is 0 Å². The maximum atomic E-state index is 13.0. The van der Waals surface area contributed by atoms with E-state index in [1.807, 2.05) is 45.9 Å². The molecule has 1 fully saturated rings. The van der Waals surface area contributed by atoms with Crippen LogP contribution in [0.15, 0.2) is 47.4 Å². The van der Waals surface area contributed by atoms with Gasteiger partial charge in [0.2, 0.25) is 5.91 Å². The van der Waals surface area contributed by atoms with E-state index in [-0.39, 0.29) is 6.54 Å². The Labute approximate surface area is 210 Å². The summed E-state index contributed by atoms with van der Waals surface area (Å²) >= 11 is 0.863. The maximum absolute atomic E-state index is 13.0. The van der Waals surface area contributed by atoms with Crippen LogP contribution in [-0.2, 0) is 9.59 Å². The van der Waals surface area contributed by atoms with Gasteiger partial charge >= 0.3 is 0 Å². The van der Waals surface area contributed by atoms with Gasteiger partial charge in [0.25, 0.3) is 11.1 Å². The van der Waals surface area contributed by atoms with Crippen molar-refractivity contribution in [2.75, 3.05) is 11.9 Å². The number of anilines is 1. The zero-order chi connectivity index (χ0) is 25.4. The molecule has 3 amide bonds. The molecule has 1 saturated heterocycles. The molecule has 0 unspecified atom stereocenters. The first kappa shape index (κ1) is 24.5. The summed E-state index contributed by atoms with van der Waals surface area (Å²) in [4.78, 5) is 39.4. The van der Waals surface area contributed by atoms with E-state index in [1.165, 1.54) is 5.56 Å². The average molecular weight is 488 g/mol. The summed E-state index contributed by atoms with van der Waals surface area (Å²) in [5.41, 5.74) is 9.14. The first-order chi connectivity index (χ1) is 16.5. The largest absolute Gasteiger partial charge is 0.325 e. The molecule has 180 valence electrons. The third kappa shape index (κ3) is 4.95. The van der Waals surface area contributed by atoms with Gasteiger partial charge in [-0.2, -0.15) is 0 Å². The van der Waals surface area contributed by atoms with Crippen LogP contribution in [-0.4, -0.2) is 33.1 Å². The first-order valence-electron chi connectivity index (χ1n) is 11.4. The van der Waals surface area contributed by atoms with Crippen LogP contribution in [0.4, 0.5) is 10.5 Å². The molecule has 1 aliphatic rings. The second kappa shape index (κ2) is 9.58. The van der Waals surface area contributed by atoms with Crippen molar-refractivity contribution in [3.8, 4) is 5.69 Å². The highest BCUT2D eigenvalue weighted by Gasteiger charge is 2.36. The van der Waals surface area contributed by atoms with Crippen LogP contribution in [0.25, 0.3) is 11.8 Å². The molecular formula is C28H29N3O3S. The molecule has 0 radical (unpaired) electrons. The van der Waals surface area contributed by atoms with Crippen molar-refractivity contribution in [1.82, 2.24) is 9.47 Å². The number of rotatable bonds is 5. The third-order valence-electron chi connectivity index (χ3n) is 6.32. The molecule has 1 aromatic heterocycles. The Hall–Kier alpha value is -3.58. The van der Waals surface area contributed by atoms with E-state index in [2.05, 4.69) is 41.9 Å². The van der Waals surface area contributed by atoms with Crippen molar-refractivity contribution in [1.29, 1.82) is 0 Å². The van der Waals surface area contributed by atoms with E-state index in [1.54, 1.807) is 12.1 Å². The summed E-state index contributed by atoms with van der Waals surface area (Å²) in [7, 11) is 0. The minimum atomic E-state index is -0.452. The second-order valence-corrected chi connectivity index (χ2v) is 10.1. The number of aromatic nitrogens is 1. The van der Waals surface area contributed by atoms with E-state index < -0.39 is 17.1 Å². The van der Waals surface area contributed by atoms with Gasteiger partial charge in [-0.05, 0) is 106 Å². The van der Waals surface area contributed by atoms with Gasteiger partial charge in [-0.1, -0.05) is 23.8 Å². The summed E-state index contributed by atoms with van der Waals surface area (Å²) in [6.45, 7) is 11.8. The van der Waals surface area contributed by atoms with Crippen molar-refractivity contribution < 1.29 is 14.4 Å². The van der Waals surface area contributed by atoms with Crippen LogP contribution in [0.2, 0.25) is 0 Å². The molecule has 4 rings (SSSR count). The van der Waals surface area contributed by atoms with Crippen molar-refractivity contribution in [2.45, 2.75) is 41.5 Å². The Balaban J connectivity index is 1.54. The summed E-state index contributed by atoms with van der Waals surface area (Å²) in [6, 6.07) is 13.9. The molecule has 0 aliphatic carbocycles. The second-order valence-electron chi connectivity index (χ2n) is 9.07. The molecular weight excluding hydrogens is 458 g/mol. The van der Waals surface area contributed by atoms with E-state index in [0.29, 0.717) is 10.6 Å². The van der Waals surface area contributed by atoms with Crippen molar-refractivity contribution in [3.05, 3.63) is 86.6 Å². The van der Waals surface area contributed by atoms with Crippen LogP contribution in [0.3, 0.4) is 0 Å². The summed E-state index contributed by atoms with van der Waals surface area (Å²) in [5, 5.41) is 2.33. The molecule has 1 aliphatic heterocycles. The number of carbonyl (C=O) groups is 3. The molecule has 0 bridgehead atoms. The number of benzene rings is 2. The van der Waals surface area contributed by atoms with Crippen LogP contribution in [0.5, 0.6) is 0 Å². The van der Waals surface area contributed by atoms with Gasteiger partial charge in [0.15, 0.2) is 0 Å². The Morgan fingerprint density at radius 3 is 2.34 bits per heavy atom. The van der Waals surface area contributed by atoms with Crippen LogP contribution in [0, 0.1) is 41.5 Å². The average Bonchev–Trinajstić information content (AvgIpc) is 3.20. The SMILES string of the molecule is Cc1ccc(-n2c(C)cc(/C=C3/SC(=O)N(CC(=O)Nc4ccc(C)c(C)c4)C3=O)c2C)c(C)c1. The standard InChI is InChI=1S/C28H29N3O3S/c1-16-7-10-24(19(4)11-16)31-20(5)13-22(21(31)6)14-25-27(33)30(28(34)35-25)15-26(32)29-23-9-8-17(2)18(3)12-23/h7-14H,15H2,1-6H3,(H,29,32)/b25-14+. The number of nitrogens with zero attached hydrogens (tertiary/aromatic N) is 2. The number of amides is 3. The van der Waals surface area contributed by atoms with E-state index in [9.17, 15) is 14.4 Å². The first-order valence-corrected chi connectivity index (χ1v) is 12.3. The fourth-order valence-electron chi connectivity index (χ4n) is 4.30. The molecule has 35 heavy (non-hydrogen) atoms. The number of thioether (sulfide) groups is 1. The van der Waals surface area contributed by atoms with Crippen LogP contribution in [0.1, 0.15) is 39.2 Å². The highest BCUT2D eigenvalue weighted by molar-refractivity contribution is 8.18. The molecule has 3 aromatic rings. The van der Waals surface area contributed by atoms with E-state index in [4.69, 9.17) is 0 Å². The Morgan fingerprint density at radius 2 is 1.66 bits per heavy atom. The number of hydrogen-bond acceptors (Lipinski definition) is 4. The molecule has 7 heteroatoms. The van der Waals surface area contributed by atoms with E-state index >= 15 is 0 Å². The normalized spacial score (nSPS) is 14.8. The maximum Gasteiger partial charge on any atom is 0.294 e.